The summed E-state index contributed by atoms with van der Waals surface area (Å²) < 4.78 is 0. The Morgan fingerprint density at radius 1 is 1.06 bits per heavy atom. The van der Waals surface area contributed by atoms with Crippen LogP contribution in [0.1, 0.15) is 37.6 Å². The molecular formula is C26H29N5O2. The zero-order valence-corrected chi connectivity index (χ0v) is 19.1. The van der Waals surface area contributed by atoms with Crippen LogP contribution in [0.2, 0.25) is 0 Å². The van der Waals surface area contributed by atoms with E-state index in [1.54, 1.807) is 17.4 Å². The number of carbonyl (C=O) groups is 2. The molecule has 1 atom stereocenters. The molecule has 0 radical (unpaired) electrons. The van der Waals surface area contributed by atoms with Gasteiger partial charge in [-0.25, -0.2) is 4.98 Å². The van der Waals surface area contributed by atoms with Gasteiger partial charge >= 0.3 is 0 Å². The van der Waals surface area contributed by atoms with Crippen molar-refractivity contribution in [2.75, 3.05) is 0 Å². The van der Waals surface area contributed by atoms with Crippen molar-refractivity contribution in [1.29, 1.82) is 0 Å². The van der Waals surface area contributed by atoms with Crippen LogP contribution in [-0.4, -0.2) is 38.3 Å². The Labute approximate surface area is 193 Å². The topological polar surface area (TPSA) is 90.1 Å². The first-order valence-corrected chi connectivity index (χ1v) is 11.0. The van der Waals surface area contributed by atoms with E-state index in [0.29, 0.717) is 24.4 Å². The van der Waals surface area contributed by atoms with Crippen molar-refractivity contribution >= 4 is 17.5 Å². The van der Waals surface area contributed by atoms with Gasteiger partial charge in [0.15, 0.2) is 0 Å². The number of amides is 2. The van der Waals surface area contributed by atoms with E-state index in [2.05, 4.69) is 20.6 Å². The number of nitrogens with one attached hydrogen (secondary N) is 3. The number of carbonyl (C=O) groups excluding carboxylic acids is 2. The molecule has 1 aliphatic rings. The maximum Gasteiger partial charge on any atom is 0.270 e. The molecule has 2 aromatic carbocycles. The van der Waals surface area contributed by atoms with Crippen molar-refractivity contribution < 1.29 is 9.59 Å². The number of aromatic amines is 1. The highest BCUT2D eigenvalue weighted by Gasteiger charge is 2.39. The molecular weight excluding hydrogens is 414 g/mol. The first-order chi connectivity index (χ1) is 15.8. The lowest BCUT2D eigenvalue weighted by molar-refractivity contribution is -0.135. The van der Waals surface area contributed by atoms with Gasteiger partial charge in [0, 0.05) is 23.9 Å². The lowest BCUT2D eigenvalue weighted by Crippen LogP contribution is -2.55. The Bertz CT molecular complexity index is 1130. The minimum absolute atomic E-state index is 0.160. The van der Waals surface area contributed by atoms with E-state index in [1.165, 1.54) is 0 Å². The van der Waals surface area contributed by atoms with Crippen molar-refractivity contribution in [3.05, 3.63) is 95.7 Å². The lowest BCUT2D eigenvalue weighted by Gasteiger charge is -2.38. The van der Waals surface area contributed by atoms with Gasteiger partial charge in [0.2, 0.25) is 5.91 Å². The Morgan fingerprint density at radius 3 is 2.33 bits per heavy atom. The molecule has 4 rings (SSSR count). The highest BCUT2D eigenvalue weighted by atomic mass is 16.2. The highest BCUT2D eigenvalue weighted by Crippen LogP contribution is 2.28. The summed E-state index contributed by atoms with van der Waals surface area (Å²) in [7, 11) is 0. The molecule has 2 heterocycles. The monoisotopic (exact) mass is 443 g/mol. The molecule has 33 heavy (non-hydrogen) atoms. The van der Waals surface area contributed by atoms with Crippen LogP contribution < -0.4 is 10.6 Å². The van der Waals surface area contributed by atoms with E-state index in [-0.39, 0.29) is 11.8 Å². The second-order valence-electron chi connectivity index (χ2n) is 9.18. The first-order valence-electron chi connectivity index (χ1n) is 11.0. The van der Waals surface area contributed by atoms with E-state index in [9.17, 15) is 9.59 Å². The Hall–Kier alpha value is -3.87. The third kappa shape index (κ3) is 5.31. The second-order valence-corrected chi connectivity index (χ2v) is 9.18. The van der Waals surface area contributed by atoms with Crippen LogP contribution in [0.3, 0.4) is 0 Å². The van der Waals surface area contributed by atoms with Crippen LogP contribution >= 0.6 is 0 Å². The number of benzene rings is 2. The second kappa shape index (κ2) is 9.32. The molecule has 0 unspecified atom stereocenters. The number of rotatable bonds is 6. The number of imidazole rings is 1. The smallest absolute Gasteiger partial charge is 0.270 e. The molecule has 2 amide bonds. The molecule has 170 valence electrons. The average molecular weight is 444 g/mol. The van der Waals surface area contributed by atoms with Gasteiger partial charge in [-0.3, -0.25) is 14.5 Å². The first kappa shape index (κ1) is 22.3. The van der Waals surface area contributed by atoms with E-state index < -0.39 is 11.6 Å². The highest BCUT2D eigenvalue weighted by molar-refractivity contribution is 6.07. The fourth-order valence-corrected chi connectivity index (χ4v) is 3.88. The van der Waals surface area contributed by atoms with Gasteiger partial charge in [-0.15, -0.1) is 0 Å². The molecule has 0 saturated heterocycles. The normalized spacial score (nSPS) is 16.5. The fourth-order valence-electron chi connectivity index (χ4n) is 3.88. The van der Waals surface area contributed by atoms with Gasteiger partial charge in [-0.1, -0.05) is 60.7 Å². The summed E-state index contributed by atoms with van der Waals surface area (Å²) in [6, 6.07) is 18.8. The standard InChI is InChI=1S/C26H29N5O2/c1-26(2,3)30-24(32)23-22(19-12-8-5-9-13-19)29-21(14-20-15-27-17-28-20)25(33)31(23)16-18-10-6-4-7-11-18/h4-13,15,17,21,29H,14,16H2,1-3H3,(H,27,28)(H,30,32)/t21-/m1/s1. The molecule has 0 fully saturated rings. The van der Waals surface area contributed by atoms with Crippen molar-refractivity contribution in [2.24, 2.45) is 0 Å². The summed E-state index contributed by atoms with van der Waals surface area (Å²) in [5, 5.41) is 6.41. The lowest BCUT2D eigenvalue weighted by atomic mass is 9.99. The summed E-state index contributed by atoms with van der Waals surface area (Å²) in [4.78, 5) is 36.0. The van der Waals surface area contributed by atoms with Gasteiger partial charge in [0.1, 0.15) is 11.7 Å². The third-order valence-corrected chi connectivity index (χ3v) is 5.32. The van der Waals surface area contributed by atoms with Gasteiger partial charge in [-0.2, -0.15) is 0 Å². The van der Waals surface area contributed by atoms with Crippen LogP contribution in [0.5, 0.6) is 0 Å². The summed E-state index contributed by atoms with van der Waals surface area (Å²) in [6.45, 7) is 6.07. The van der Waals surface area contributed by atoms with Crippen LogP contribution in [0.25, 0.3) is 5.70 Å². The van der Waals surface area contributed by atoms with Gasteiger partial charge < -0.3 is 15.6 Å². The van der Waals surface area contributed by atoms with E-state index in [4.69, 9.17) is 0 Å². The zero-order chi connectivity index (χ0) is 23.4. The molecule has 1 aliphatic heterocycles. The number of nitrogens with zero attached hydrogens (tertiary/aromatic N) is 2. The fraction of sp³-hybridized carbons (Fsp3) is 0.269. The summed E-state index contributed by atoms with van der Waals surface area (Å²) in [5.41, 5.74) is 3.14. The molecule has 0 bridgehead atoms. The van der Waals surface area contributed by atoms with E-state index in [0.717, 1.165) is 16.8 Å². The van der Waals surface area contributed by atoms with Gasteiger partial charge in [-0.05, 0) is 31.9 Å². The third-order valence-electron chi connectivity index (χ3n) is 5.32. The molecule has 0 spiro atoms. The summed E-state index contributed by atoms with van der Waals surface area (Å²) in [5.74, 6) is -0.453. The molecule has 3 aromatic rings. The quantitative estimate of drug-likeness (QED) is 0.546. The van der Waals surface area contributed by atoms with Crippen molar-refractivity contribution in [3.63, 3.8) is 0 Å². The maximum atomic E-state index is 13.7. The average Bonchev–Trinajstić information content (AvgIpc) is 3.29. The summed E-state index contributed by atoms with van der Waals surface area (Å²) in [6.07, 6.45) is 3.74. The van der Waals surface area contributed by atoms with Gasteiger partial charge in [0.25, 0.3) is 5.91 Å². The number of aromatic nitrogens is 2. The van der Waals surface area contributed by atoms with E-state index >= 15 is 0 Å². The van der Waals surface area contributed by atoms with Gasteiger partial charge in [0.05, 0.1) is 18.6 Å². The molecule has 1 aromatic heterocycles. The Morgan fingerprint density at radius 2 is 1.73 bits per heavy atom. The van der Waals surface area contributed by atoms with Crippen LogP contribution in [0.4, 0.5) is 0 Å². The largest absolute Gasteiger partial charge is 0.371 e. The molecule has 3 N–H and O–H groups in total. The molecule has 0 aliphatic carbocycles. The predicted molar refractivity (Wildman–Crippen MR) is 127 cm³/mol. The molecule has 7 nitrogen and oxygen atoms in total. The van der Waals surface area contributed by atoms with Crippen molar-refractivity contribution in [3.8, 4) is 0 Å². The summed E-state index contributed by atoms with van der Waals surface area (Å²) >= 11 is 0. The Kier molecular flexibility index (Phi) is 6.31. The maximum absolute atomic E-state index is 13.7. The van der Waals surface area contributed by atoms with E-state index in [1.807, 2.05) is 81.4 Å². The minimum atomic E-state index is -0.546. The number of hydrogen-bond acceptors (Lipinski definition) is 4. The van der Waals surface area contributed by atoms with Crippen molar-refractivity contribution in [1.82, 2.24) is 25.5 Å². The molecule has 0 saturated carbocycles. The minimum Gasteiger partial charge on any atom is -0.371 e. The van der Waals surface area contributed by atoms with Crippen LogP contribution in [0.15, 0.2) is 78.9 Å². The van der Waals surface area contributed by atoms with Crippen LogP contribution in [0, 0.1) is 0 Å². The van der Waals surface area contributed by atoms with Crippen LogP contribution in [-0.2, 0) is 22.6 Å². The number of hydrogen-bond donors (Lipinski definition) is 3. The Balaban J connectivity index is 1.83. The van der Waals surface area contributed by atoms with Crippen molar-refractivity contribution in [2.45, 2.75) is 45.3 Å². The zero-order valence-electron chi connectivity index (χ0n) is 19.1. The number of H-pyrrole nitrogens is 1. The predicted octanol–water partition coefficient (Wildman–Crippen LogP) is 3.24. The SMILES string of the molecule is CC(C)(C)NC(=O)C1=C(c2ccccc2)N[C@H](Cc2cnc[nH]2)C(=O)N1Cc1ccccc1. The molecule has 7 heteroatoms.